The summed E-state index contributed by atoms with van der Waals surface area (Å²) >= 11 is 6.25. The average Bonchev–Trinajstić information content (AvgIpc) is 2.78. The maximum atomic E-state index is 13.4. The molecule has 0 bridgehead atoms. The first-order valence-corrected chi connectivity index (χ1v) is 10.2. The van der Waals surface area contributed by atoms with Crippen molar-refractivity contribution in [1.82, 2.24) is 4.98 Å². The normalized spacial score (nSPS) is 11.5. The zero-order chi connectivity index (χ0) is 23.4. The number of halogens is 2. The molecule has 2 aromatic carbocycles. The van der Waals surface area contributed by atoms with Gasteiger partial charge in [0, 0.05) is 19.2 Å². The number of aromatic hydroxyl groups is 1. The topological polar surface area (TPSA) is 89.2 Å². The first-order valence-electron chi connectivity index (χ1n) is 9.85. The highest BCUT2D eigenvalue weighted by Crippen LogP contribution is 2.28. The van der Waals surface area contributed by atoms with Crippen LogP contribution in [0.25, 0.3) is 0 Å². The van der Waals surface area contributed by atoms with Gasteiger partial charge in [-0.15, -0.1) is 0 Å². The van der Waals surface area contributed by atoms with Gasteiger partial charge in [0.25, 0.3) is 0 Å². The van der Waals surface area contributed by atoms with E-state index in [0.717, 1.165) is 5.56 Å². The predicted molar refractivity (Wildman–Crippen MR) is 122 cm³/mol. The highest BCUT2D eigenvalue weighted by Gasteiger charge is 2.26. The molecule has 1 atom stereocenters. The number of rotatable bonds is 6. The zero-order valence-electron chi connectivity index (χ0n) is 17.9. The number of pyridine rings is 1. The molecule has 1 amide bonds. The highest BCUT2D eigenvalue weighted by molar-refractivity contribution is 6.32. The van der Waals surface area contributed by atoms with Crippen molar-refractivity contribution in [2.24, 2.45) is 0 Å². The standard InChI is InChI=1S/C24H22ClFN4O2/c1-14-20(13-27)23(28-15(2)22(14)25)29-21(12-16-4-10-19(31)11-5-16)24(32)30(3)18-8-6-17(26)7-9-18/h4-11,21,31H,12H2,1-3H3,(H,28,29). The number of phenolic OH excluding ortho intramolecular Hbond substituents is 1. The quantitative estimate of drug-likeness (QED) is 0.563. The lowest BCUT2D eigenvalue weighted by Gasteiger charge is -2.26. The van der Waals surface area contributed by atoms with Gasteiger partial charge in [0.05, 0.1) is 16.3 Å². The van der Waals surface area contributed by atoms with Crippen LogP contribution in [0.3, 0.4) is 0 Å². The van der Waals surface area contributed by atoms with Crippen molar-refractivity contribution in [3.05, 3.63) is 81.8 Å². The van der Waals surface area contributed by atoms with Gasteiger partial charge >= 0.3 is 0 Å². The molecule has 3 rings (SSSR count). The Balaban J connectivity index is 1.99. The van der Waals surface area contributed by atoms with E-state index in [0.29, 0.717) is 22.0 Å². The van der Waals surface area contributed by atoms with E-state index in [2.05, 4.69) is 16.4 Å². The van der Waals surface area contributed by atoms with Crippen LogP contribution in [0.4, 0.5) is 15.9 Å². The Labute approximate surface area is 190 Å². The second kappa shape index (κ2) is 9.67. The van der Waals surface area contributed by atoms with Crippen molar-refractivity contribution >= 4 is 29.0 Å². The van der Waals surface area contributed by atoms with Crippen molar-refractivity contribution in [2.45, 2.75) is 26.3 Å². The fourth-order valence-electron chi connectivity index (χ4n) is 3.33. The molecule has 32 heavy (non-hydrogen) atoms. The number of phenols is 1. The van der Waals surface area contributed by atoms with Gasteiger partial charge in [0.15, 0.2) is 0 Å². The summed E-state index contributed by atoms with van der Waals surface area (Å²) in [4.78, 5) is 19.2. The third kappa shape index (κ3) is 4.98. The molecule has 164 valence electrons. The van der Waals surface area contributed by atoms with Crippen LogP contribution in [0.2, 0.25) is 5.02 Å². The Morgan fingerprint density at radius 2 is 1.84 bits per heavy atom. The molecule has 8 heteroatoms. The molecule has 0 spiro atoms. The van der Waals surface area contributed by atoms with Gasteiger partial charge < -0.3 is 15.3 Å². The van der Waals surface area contributed by atoms with E-state index in [-0.39, 0.29) is 29.5 Å². The number of carbonyl (C=O) groups is 1. The molecule has 0 saturated heterocycles. The zero-order valence-corrected chi connectivity index (χ0v) is 18.6. The van der Waals surface area contributed by atoms with E-state index in [4.69, 9.17) is 11.6 Å². The molecule has 3 aromatic rings. The number of carbonyl (C=O) groups excluding carboxylic acids is 1. The summed E-state index contributed by atoms with van der Waals surface area (Å²) < 4.78 is 13.3. The summed E-state index contributed by atoms with van der Waals surface area (Å²) in [5, 5.41) is 22.7. The SMILES string of the molecule is Cc1nc(NC(Cc2ccc(O)cc2)C(=O)N(C)c2ccc(F)cc2)c(C#N)c(C)c1Cl. The third-order valence-electron chi connectivity index (χ3n) is 5.18. The molecule has 1 aromatic heterocycles. The summed E-state index contributed by atoms with van der Waals surface area (Å²) in [6.45, 7) is 3.45. The summed E-state index contributed by atoms with van der Waals surface area (Å²) in [6, 6.07) is 13.4. The first kappa shape index (κ1) is 23.0. The van der Waals surface area contributed by atoms with Gasteiger partial charge in [0.2, 0.25) is 5.91 Å². The number of hydrogen-bond donors (Lipinski definition) is 2. The number of anilines is 2. The summed E-state index contributed by atoms with van der Waals surface area (Å²) in [6.07, 6.45) is 0.262. The van der Waals surface area contributed by atoms with Crippen LogP contribution in [0.15, 0.2) is 48.5 Å². The molecular weight excluding hydrogens is 431 g/mol. The number of nitrogens with one attached hydrogen (secondary N) is 1. The van der Waals surface area contributed by atoms with E-state index in [1.807, 2.05) is 0 Å². The molecule has 1 unspecified atom stereocenters. The van der Waals surface area contributed by atoms with Crippen LogP contribution in [0.1, 0.15) is 22.4 Å². The van der Waals surface area contributed by atoms with Gasteiger partial charge in [-0.3, -0.25) is 4.79 Å². The smallest absolute Gasteiger partial charge is 0.249 e. The molecule has 0 fully saturated rings. The number of hydrogen-bond acceptors (Lipinski definition) is 5. The average molecular weight is 453 g/mol. The van der Waals surface area contributed by atoms with Crippen molar-refractivity contribution in [3.63, 3.8) is 0 Å². The Bertz CT molecular complexity index is 1170. The minimum Gasteiger partial charge on any atom is -0.508 e. The number of nitrogens with zero attached hydrogens (tertiary/aromatic N) is 3. The molecule has 0 aliphatic heterocycles. The monoisotopic (exact) mass is 452 g/mol. The van der Waals surface area contributed by atoms with Crippen LogP contribution < -0.4 is 10.2 Å². The fourth-order valence-corrected chi connectivity index (χ4v) is 3.47. The predicted octanol–water partition coefficient (Wildman–Crippen LogP) is 4.75. The minimum absolute atomic E-state index is 0.116. The number of likely N-dealkylation sites (N-methyl/N-ethyl adjacent to an activating group) is 1. The van der Waals surface area contributed by atoms with Gasteiger partial charge in [-0.1, -0.05) is 23.7 Å². The van der Waals surface area contributed by atoms with Crippen LogP contribution in [0, 0.1) is 31.0 Å². The number of benzene rings is 2. The molecule has 0 aliphatic rings. The largest absolute Gasteiger partial charge is 0.508 e. The van der Waals surface area contributed by atoms with Crippen molar-refractivity contribution < 1.29 is 14.3 Å². The van der Waals surface area contributed by atoms with Crippen LogP contribution in [-0.4, -0.2) is 29.1 Å². The Hall–Kier alpha value is -3.63. The Morgan fingerprint density at radius 3 is 2.44 bits per heavy atom. The van der Waals surface area contributed by atoms with E-state index >= 15 is 0 Å². The lowest BCUT2D eigenvalue weighted by molar-refractivity contribution is -0.119. The molecule has 0 saturated carbocycles. The summed E-state index contributed by atoms with van der Waals surface area (Å²) in [5.74, 6) is -0.328. The maximum absolute atomic E-state index is 13.4. The van der Waals surface area contributed by atoms with E-state index < -0.39 is 11.9 Å². The van der Waals surface area contributed by atoms with Gasteiger partial charge in [-0.05, 0) is 61.4 Å². The summed E-state index contributed by atoms with van der Waals surface area (Å²) in [7, 11) is 1.60. The van der Waals surface area contributed by atoms with E-state index in [1.54, 1.807) is 33.0 Å². The van der Waals surface area contributed by atoms with Gasteiger partial charge in [-0.25, -0.2) is 9.37 Å². The number of amides is 1. The Morgan fingerprint density at radius 1 is 1.22 bits per heavy atom. The number of nitriles is 1. The van der Waals surface area contributed by atoms with Gasteiger partial charge in [-0.2, -0.15) is 5.26 Å². The summed E-state index contributed by atoms with van der Waals surface area (Å²) in [5.41, 5.74) is 2.68. The van der Waals surface area contributed by atoms with Crippen molar-refractivity contribution in [3.8, 4) is 11.8 Å². The molecule has 0 radical (unpaired) electrons. The number of aryl methyl sites for hydroxylation is 1. The maximum Gasteiger partial charge on any atom is 0.249 e. The molecule has 2 N–H and O–H groups in total. The minimum atomic E-state index is -0.797. The molecule has 0 aliphatic carbocycles. The van der Waals surface area contributed by atoms with Crippen molar-refractivity contribution in [1.29, 1.82) is 5.26 Å². The van der Waals surface area contributed by atoms with E-state index in [9.17, 15) is 19.6 Å². The highest BCUT2D eigenvalue weighted by atomic mass is 35.5. The van der Waals surface area contributed by atoms with Crippen LogP contribution >= 0.6 is 11.6 Å². The molecule has 1 heterocycles. The fraction of sp³-hybridized carbons (Fsp3) is 0.208. The third-order valence-corrected chi connectivity index (χ3v) is 5.74. The lowest BCUT2D eigenvalue weighted by atomic mass is 10.0. The molecular formula is C24H22ClFN4O2. The van der Waals surface area contributed by atoms with Crippen molar-refractivity contribution in [2.75, 3.05) is 17.3 Å². The van der Waals surface area contributed by atoms with Crippen LogP contribution in [0.5, 0.6) is 5.75 Å². The Kier molecular flexibility index (Phi) is 6.96. The lowest BCUT2D eigenvalue weighted by Crippen LogP contribution is -2.42. The van der Waals surface area contributed by atoms with Gasteiger partial charge in [0.1, 0.15) is 29.5 Å². The molecule has 6 nitrogen and oxygen atoms in total. The second-order valence-electron chi connectivity index (χ2n) is 7.41. The first-order chi connectivity index (χ1) is 15.2. The second-order valence-corrected chi connectivity index (χ2v) is 7.79. The van der Waals surface area contributed by atoms with Crippen LogP contribution in [-0.2, 0) is 11.2 Å². The number of aromatic nitrogens is 1. The van der Waals surface area contributed by atoms with E-state index in [1.165, 1.54) is 41.3 Å².